The van der Waals surface area contributed by atoms with E-state index in [-0.39, 0.29) is 4.90 Å². The topological polar surface area (TPSA) is 117 Å². The molecule has 0 unspecified atom stereocenters. The van der Waals surface area contributed by atoms with E-state index in [1.165, 1.54) is 10.5 Å². The first-order valence-corrected chi connectivity index (χ1v) is 10.1. The number of rotatable bonds is 5. The van der Waals surface area contributed by atoms with Crippen LogP contribution < -0.4 is 10.2 Å². The van der Waals surface area contributed by atoms with Gasteiger partial charge in [-0.05, 0) is 19.1 Å². The van der Waals surface area contributed by atoms with Crippen molar-refractivity contribution < 1.29 is 12.9 Å². The van der Waals surface area contributed by atoms with Crippen LogP contribution in [-0.4, -0.2) is 59.0 Å². The molecule has 10 nitrogen and oxygen atoms in total. The summed E-state index contributed by atoms with van der Waals surface area (Å²) in [5.74, 6) is 2.69. The first kappa shape index (κ1) is 18.3. The average molecular weight is 401 g/mol. The molecule has 0 atom stereocenters. The number of nitrogens with zero attached hydrogens (tertiary/aromatic N) is 6. The van der Waals surface area contributed by atoms with Gasteiger partial charge in [-0.1, -0.05) is 11.2 Å². The Morgan fingerprint density at radius 2 is 1.93 bits per heavy atom. The van der Waals surface area contributed by atoms with Crippen LogP contribution in [-0.2, 0) is 10.0 Å². The fraction of sp³-hybridized carbons (Fsp3) is 0.294. The Kier molecular flexibility index (Phi) is 4.92. The molecule has 1 saturated heterocycles. The lowest BCUT2D eigenvalue weighted by Crippen LogP contribution is -2.48. The van der Waals surface area contributed by atoms with Gasteiger partial charge in [0.25, 0.3) is 0 Å². The molecule has 0 bridgehead atoms. The molecule has 1 N–H and O–H groups in total. The van der Waals surface area contributed by atoms with Crippen molar-refractivity contribution in [3.05, 3.63) is 48.7 Å². The lowest BCUT2D eigenvalue weighted by molar-refractivity contribution is 0.382. The van der Waals surface area contributed by atoms with Crippen molar-refractivity contribution in [2.45, 2.75) is 11.8 Å². The molecule has 28 heavy (non-hydrogen) atoms. The van der Waals surface area contributed by atoms with Gasteiger partial charge in [0.1, 0.15) is 34.4 Å². The Morgan fingerprint density at radius 1 is 1.11 bits per heavy atom. The van der Waals surface area contributed by atoms with Crippen LogP contribution in [0.4, 0.5) is 17.5 Å². The highest BCUT2D eigenvalue weighted by Gasteiger charge is 2.30. The second kappa shape index (κ2) is 7.52. The van der Waals surface area contributed by atoms with E-state index in [2.05, 4.69) is 29.9 Å². The third-order valence-electron chi connectivity index (χ3n) is 4.36. The van der Waals surface area contributed by atoms with Gasteiger partial charge in [-0.2, -0.15) is 4.31 Å². The summed E-state index contributed by atoms with van der Waals surface area (Å²) in [5.41, 5.74) is 0. The van der Waals surface area contributed by atoms with E-state index < -0.39 is 10.0 Å². The van der Waals surface area contributed by atoms with Crippen LogP contribution >= 0.6 is 0 Å². The van der Waals surface area contributed by atoms with Crippen molar-refractivity contribution in [3.8, 4) is 0 Å². The lowest BCUT2D eigenvalue weighted by atomic mass is 10.3. The molecule has 146 valence electrons. The van der Waals surface area contributed by atoms with E-state index in [0.29, 0.717) is 43.6 Å². The summed E-state index contributed by atoms with van der Waals surface area (Å²) in [6, 6.07) is 7.42. The zero-order valence-electron chi connectivity index (χ0n) is 15.2. The van der Waals surface area contributed by atoms with Gasteiger partial charge in [-0.3, -0.25) is 0 Å². The summed E-state index contributed by atoms with van der Waals surface area (Å²) in [4.78, 5) is 15.2. The second-order valence-corrected chi connectivity index (χ2v) is 8.19. The second-order valence-electron chi connectivity index (χ2n) is 6.25. The van der Waals surface area contributed by atoms with Crippen molar-refractivity contribution >= 4 is 27.5 Å². The Bertz CT molecular complexity index is 1030. The third-order valence-corrected chi connectivity index (χ3v) is 6.20. The maximum absolute atomic E-state index is 12.6. The van der Waals surface area contributed by atoms with Crippen LogP contribution in [0, 0.1) is 6.92 Å². The number of aryl methyl sites for hydroxylation is 1. The Morgan fingerprint density at radius 3 is 2.61 bits per heavy atom. The predicted molar refractivity (Wildman–Crippen MR) is 102 cm³/mol. The smallest absolute Gasteiger partial charge is 0.248 e. The molecule has 4 rings (SSSR count). The van der Waals surface area contributed by atoms with Gasteiger partial charge in [0.15, 0.2) is 0 Å². The zero-order valence-corrected chi connectivity index (χ0v) is 16.0. The van der Waals surface area contributed by atoms with Gasteiger partial charge in [0.05, 0.1) is 6.20 Å². The minimum absolute atomic E-state index is 0.0701. The van der Waals surface area contributed by atoms with E-state index in [4.69, 9.17) is 0 Å². The highest BCUT2D eigenvalue weighted by Crippen LogP contribution is 2.22. The van der Waals surface area contributed by atoms with Crippen LogP contribution in [0.15, 0.2) is 52.3 Å². The molecule has 0 amide bonds. The van der Waals surface area contributed by atoms with Crippen LogP contribution in [0.1, 0.15) is 5.82 Å². The van der Waals surface area contributed by atoms with Crippen molar-refractivity contribution in [1.29, 1.82) is 0 Å². The fourth-order valence-corrected chi connectivity index (χ4v) is 4.26. The molecule has 0 saturated carbocycles. The molecule has 1 aliphatic heterocycles. The SMILES string of the molecule is Cc1nc(Nc2ccccn2)cc(N2CCN(S(=O)(=O)c3cnoc3)CC2)n1. The number of aromatic nitrogens is 4. The van der Waals surface area contributed by atoms with Gasteiger partial charge in [-0.15, -0.1) is 0 Å². The standard InChI is InChI=1S/C17H19N7O3S/c1-13-20-16(22-15-4-2-3-5-18-15)10-17(21-13)23-6-8-24(9-7-23)28(25,26)14-11-19-27-12-14/h2-5,10-12H,6-9H2,1H3,(H,18,20,21,22). The Labute approximate surface area is 162 Å². The molecule has 3 aromatic heterocycles. The molecule has 1 fully saturated rings. The van der Waals surface area contributed by atoms with Gasteiger partial charge >= 0.3 is 0 Å². The molecule has 0 radical (unpaired) electrons. The van der Waals surface area contributed by atoms with Crippen LogP contribution in [0.25, 0.3) is 0 Å². The van der Waals surface area contributed by atoms with Crippen LogP contribution in [0.3, 0.4) is 0 Å². The molecule has 3 aromatic rings. The van der Waals surface area contributed by atoms with E-state index >= 15 is 0 Å². The van der Waals surface area contributed by atoms with Gasteiger partial charge in [-0.25, -0.2) is 23.4 Å². The number of piperazine rings is 1. The van der Waals surface area contributed by atoms with Crippen LogP contribution in [0.2, 0.25) is 0 Å². The summed E-state index contributed by atoms with van der Waals surface area (Å²) in [6.45, 7) is 3.55. The largest absolute Gasteiger partial charge is 0.363 e. The molecule has 0 aromatic carbocycles. The summed E-state index contributed by atoms with van der Waals surface area (Å²) in [7, 11) is -3.58. The monoisotopic (exact) mass is 401 g/mol. The average Bonchev–Trinajstić information content (AvgIpc) is 3.24. The van der Waals surface area contributed by atoms with Crippen molar-refractivity contribution in [1.82, 2.24) is 24.4 Å². The normalized spacial score (nSPS) is 15.5. The quantitative estimate of drug-likeness (QED) is 0.677. The molecule has 0 spiro atoms. The summed E-state index contributed by atoms with van der Waals surface area (Å²) in [6.07, 6.45) is 4.06. The van der Waals surface area contributed by atoms with Gasteiger partial charge in [0, 0.05) is 38.4 Å². The molecular formula is C17H19N7O3S. The summed E-state index contributed by atoms with van der Waals surface area (Å²) < 4.78 is 31.2. The lowest BCUT2D eigenvalue weighted by Gasteiger charge is -2.34. The number of anilines is 3. The van der Waals surface area contributed by atoms with Crippen molar-refractivity contribution in [2.75, 3.05) is 36.4 Å². The van der Waals surface area contributed by atoms with E-state index in [1.807, 2.05) is 36.1 Å². The van der Waals surface area contributed by atoms with E-state index in [0.717, 1.165) is 12.1 Å². The molecule has 1 aliphatic rings. The molecule has 0 aliphatic carbocycles. The van der Waals surface area contributed by atoms with E-state index in [1.54, 1.807) is 6.20 Å². The van der Waals surface area contributed by atoms with Crippen molar-refractivity contribution in [3.63, 3.8) is 0 Å². The highest BCUT2D eigenvalue weighted by molar-refractivity contribution is 7.89. The molecule has 4 heterocycles. The number of hydrogen-bond acceptors (Lipinski definition) is 9. The number of hydrogen-bond donors (Lipinski definition) is 1. The van der Waals surface area contributed by atoms with Crippen molar-refractivity contribution in [2.24, 2.45) is 0 Å². The number of pyridine rings is 1. The fourth-order valence-electron chi connectivity index (χ4n) is 2.98. The Balaban J connectivity index is 1.47. The zero-order chi connectivity index (χ0) is 19.6. The van der Waals surface area contributed by atoms with Crippen LogP contribution in [0.5, 0.6) is 0 Å². The molecule has 11 heteroatoms. The third kappa shape index (κ3) is 3.80. The minimum atomic E-state index is -3.58. The molecular weight excluding hydrogens is 382 g/mol. The minimum Gasteiger partial charge on any atom is -0.363 e. The first-order chi connectivity index (χ1) is 13.5. The predicted octanol–water partition coefficient (Wildman–Crippen LogP) is 1.42. The summed E-state index contributed by atoms with van der Waals surface area (Å²) in [5, 5.41) is 6.64. The van der Waals surface area contributed by atoms with Gasteiger partial charge in [0.2, 0.25) is 10.0 Å². The number of nitrogens with one attached hydrogen (secondary N) is 1. The highest BCUT2D eigenvalue weighted by atomic mass is 32.2. The first-order valence-electron chi connectivity index (χ1n) is 8.70. The summed E-state index contributed by atoms with van der Waals surface area (Å²) >= 11 is 0. The van der Waals surface area contributed by atoms with E-state index in [9.17, 15) is 8.42 Å². The maximum atomic E-state index is 12.6. The number of sulfonamides is 1. The van der Waals surface area contributed by atoms with Gasteiger partial charge < -0.3 is 14.7 Å². The maximum Gasteiger partial charge on any atom is 0.248 e. The Hall–Kier alpha value is -3.05.